The molecule has 0 saturated heterocycles. The Bertz CT molecular complexity index is 625. The summed E-state index contributed by atoms with van der Waals surface area (Å²) >= 11 is 0. The van der Waals surface area contributed by atoms with E-state index >= 15 is 0 Å². The molecule has 2 rings (SSSR count). The van der Waals surface area contributed by atoms with Gasteiger partial charge in [-0.15, -0.1) is 0 Å². The highest BCUT2D eigenvalue weighted by atomic mass is 14.2. The van der Waals surface area contributed by atoms with Crippen LogP contribution in [0.4, 0.5) is 0 Å². The van der Waals surface area contributed by atoms with Crippen LogP contribution < -0.4 is 0 Å². The first-order chi connectivity index (χ1) is 13.1. The van der Waals surface area contributed by atoms with E-state index < -0.39 is 0 Å². The molecule has 28 heavy (non-hydrogen) atoms. The quantitative estimate of drug-likeness (QED) is 0.413. The van der Waals surface area contributed by atoms with Crippen LogP contribution in [0, 0.1) is 23.7 Å². The summed E-state index contributed by atoms with van der Waals surface area (Å²) < 4.78 is 0. The van der Waals surface area contributed by atoms with Crippen molar-refractivity contribution in [2.24, 2.45) is 23.7 Å². The zero-order valence-electron chi connectivity index (χ0n) is 19.6. The predicted octanol–water partition coefficient (Wildman–Crippen LogP) is 8.15. The van der Waals surface area contributed by atoms with Crippen LogP contribution in [0.3, 0.4) is 0 Å². The Labute approximate surface area is 174 Å². The maximum atomic E-state index is 2.44. The summed E-state index contributed by atoms with van der Waals surface area (Å²) in [6, 6.07) is 14.6. The second-order valence-electron chi connectivity index (χ2n) is 10.5. The lowest BCUT2D eigenvalue weighted by molar-refractivity contribution is 0.635. The molecule has 0 unspecified atom stereocenters. The number of benzene rings is 2. The minimum absolute atomic E-state index is 0.686. The normalized spacial score (nSPS) is 12.0. The maximum Gasteiger partial charge on any atom is -0.0178 e. The molecule has 0 heteroatoms. The summed E-state index contributed by atoms with van der Waals surface area (Å²) in [5, 5.41) is 0. The molecule has 0 amide bonds. The highest BCUT2D eigenvalue weighted by molar-refractivity contribution is 5.67. The Hall–Kier alpha value is -1.56. The molecule has 0 aliphatic heterocycles. The molecule has 0 aliphatic rings. The van der Waals surface area contributed by atoms with Crippen LogP contribution >= 0.6 is 0 Å². The minimum Gasteiger partial charge on any atom is -0.0625 e. The molecule has 0 spiro atoms. The molecule has 2 aromatic rings. The summed E-state index contributed by atoms with van der Waals surface area (Å²) in [7, 11) is 0. The molecule has 0 nitrogen and oxygen atoms in total. The SMILES string of the molecule is CC(C)Cc1cc(CC(C)C)cc(-c2cc(CC(C)C)cc(CC(C)C)c2)c1. The van der Waals surface area contributed by atoms with E-state index in [2.05, 4.69) is 91.8 Å². The Kier molecular flexibility index (Phi) is 8.35. The number of rotatable bonds is 9. The van der Waals surface area contributed by atoms with Gasteiger partial charge in [-0.2, -0.15) is 0 Å². The third-order valence-corrected chi connectivity index (χ3v) is 5.01. The van der Waals surface area contributed by atoms with Crippen LogP contribution in [0.25, 0.3) is 11.1 Å². The van der Waals surface area contributed by atoms with Gasteiger partial charge in [0.05, 0.1) is 0 Å². The fraction of sp³-hybridized carbons (Fsp3) is 0.571. The molecule has 2 aromatic carbocycles. The van der Waals surface area contributed by atoms with Crippen molar-refractivity contribution in [3.8, 4) is 11.1 Å². The topological polar surface area (TPSA) is 0 Å². The molecule has 0 N–H and O–H groups in total. The summed E-state index contributed by atoms with van der Waals surface area (Å²) in [5.41, 5.74) is 8.77. The van der Waals surface area contributed by atoms with Gasteiger partial charge < -0.3 is 0 Å². The Balaban J connectivity index is 2.53. The van der Waals surface area contributed by atoms with Gasteiger partial charge >= 0.3 is 0 Å². The van der Waals surface area contributed by atoms with Crippen molar-refractivity contribution in [1.29, 1.82) is 0 Å². The molecule has 0 aromatic heterocycles. The highest BCUT2D eigenvalue weighted by Crippen LogP contribution is 2.29. The standard InChI is InChI=1S/C28H42/c1-19(2)9-23-13-24(10-20(3)4)16-27(15-23)28-17-25(11-21(5)6)14-26(18-28)12-22(7)8/h13-22H,9-12H2,1-8H3. The van der Waals surface area contributed by atoms with E-state index in [9.17, 15) is 0 Å². The minimum atomic E-state index is 0.686. The summed E-state index contributed by atoms with van der Waals surface area (Å²) in [4.78, 5) is 0. The summed E-state index contributed by atoms with van der Waals surface area (Å²) in [6.45, 7) is 18.5. The first kappa shape index (κ1) is 22.7. The summed E-state index contributed by atoms with van der Waals surface area (Å²) in [5.74, 6) is 2.74. The second kappa shape index (κ2) is 10.3. The zero-order chi connectivity index (χ0) is 20.8. The second-order valence-corrected chi connectivity index (χ2v) is 10.5. The van der Waals surface area contributed by atoms with E-state index in [-0.39, 0.29) is 0 Å². The van der Waals surface area contributed by atoms with E-state index in [4.69, 9.17) is 0 Å². The van der Waals surface area contributed by atoms with Crippen molar-refractivity contribution in [3.63, 3.8) is 0 Å². The van der Waals surface area contributed by atoms with Crippen molar-refractivity contribution < 1.29 is 0 Å². The molecule has 154 valence electrons. The third-order valence-electron chi connectivity index (χ3n) is 5.01. The lowest BCUT2D eigenvalue weighted by Crippen LogP contribution is -2.02. The fourth-order valence-electron chi connectivity index (χ4n) is 4.22. The van der Waals surface area contributed by atoms with Gasteiger partial charge in [0.2, 0.25) is 0 Å². The van der Waals surface area contributed by atoms with Crippen LogP contribution in [0.5, 0.6) is 0 Å². The third kappa shape index (κ3) is 7.46. The fourth-order valence-corrected chi connectivity index (χ4v) is 4.22. The van der Waals surface area contributed by atoms with Crippen LogP contribution in [0.1, 0.15) is 77.6 Å². The van der Waals surface area contributed by atoms with Crippen molar-refractivity contribution in [2.45, 2.75) is 81.1 Å². The number of hydrogen-bond acceptors (Lipinski definition) is 0. The Morgan fingerprint density at radius 1 is 0.393 bits per heavy atom. The van der Waals surface area contributed by atoms with E-state index in [0.717, 1.165) is 25.7 Å². The van der Waals surface area contributed by atoms with Gasteiger partial charge in [-0.3, -0.25) is 0 Å². The van der Waals surface area contributed by atoms with Crippen LogP contribution in [0.2, 0.25) is 0 Å². The van der Waals surface area contributed by atoms with Gasteiger partial charge in [0.1, 0.15) is 0 Å². The first-order valence-corrected chi connectivity index (χ1v) is 11.4. The van der Waals surface area contributed by atoms with Crippen LogP contribution in [-0.2, 0) is 25.7 Å². The van der Waals surface area contributed by atoms with Gasteiger partial charge in [-0.25, -0.2) is 0 Å². The van der Waals surface area contributed by atoms with Crippen LogP contribution in [-0.4, -0.2) is 0 Å². The van der Waals surface area contributed by atoms with Crippen molar-refractivity contribution in [1.82, 2.24) is 0 Å². The molecule has 0 radical (unpaired) electrons. The Morgan fingerprint density at radius 3 is 0.786 bits per heavy atom. The molecule has 0 heterocycles. The average Bonchev–Trinajstić information content (AvgIpc) is 2.51. The van der Waals surface area contributed by atoms with Crippen molar-refractivity contribution >= 4 is 0 Å². The molecule has 0 atom stereocenters. The average molecular weight is 379 g/mol. The van der Waals surface area contributed by atoms with Gasteiger partial charge in [0, 0.05) is 0 Å². The highest BCUT2D eigenvalue weighted by Gasteiger charge is 2.10. The molecule has 0 saturated carbocycles. The van der Waals surface area contributed by atoms with E-state index in [0.29, 0.717) is 23.7 Å². The molecular weight excluding hydrogens is 336 g/mol. The number of hydrogen-bond donors (Lipinski definition) is 0. The molecule has 0 fully saturated rings. The lowest BCUT2D eigenvalue weighted by Gasteiger charge is -2.16. The largest absolute Gasteiger partial charge is 0.0625 e. The molecule has 0 aliphatic carbocycles. The van der Waals surface area contributed by atoms with Gasteiger partial charge in [-0.05, 0) is 82.7 Å². The Morgan fingerprint density at radius 2 is 0.607 bits per heavy atom. The van der Waals surface area contributed by atoms with E-state index in [1.165, 1.54) is 33.4 Å². The van der Waals surface area contributed by atoms with Crippen molar-refractivity contribution in [3.05, 3.63) is 58.7 Å². The van der Waals surface area contributed by atoms with Gasteiger partial charge in [-0.1, -0.05) is 91.8 Å². The zero-order valence-corrected chi connectivity index (χ0v) is 19.6. The van der Waals surface area contributed by atoms with Gasteiger partial charge in [0.25, 0.3) is 0 Å². The molecular formula is C28H42. The summed E-state index contributed by atoms with van der Waals surface area (Å²) in [6.07, 6.45) is 4.62. The van der Waals surface area contributed by atoms with Crippen molar-refractivity contribution in [2.75, 3.05) is 0 Å². The van der Waals surface area contributed by atoms with Crippen LogP contribution in [0.15, 0.2) is 36.4 Å². The van der Waals surface area contributed by atoms with E-state index in [1.807, 2.05) is 0 Å². The predicted molar refractivity (Wildman–Crippen MR) is 126 cm³/mol. The maximum absolute atomic E-state index is 2.44. The van der Waals surface area contributed by atoms with E-state index in [1.54, 1.807) is 0 Å². The molecule has 0 bridgehead atoms. The van der Waals surface area contributed by atoms with Gasteiger partial charge in [0.15, 0.2) is 0 Å². The smallest absolute Gasteiger partial charge is 0.0178 e. The lowest BCUT2D eigenvalue weighted by atomic mass is 9.89. The first-order valence-electron chi connectivity index (χ1n) is 11.4. The monoisotopic (exact) mass is 378 g/mol.